The lowest BCUT2D eigenvalue weighted by molar-refractivity contribution is -0.920. The molecule has 0 heterocycles. The second kappa shape index (κ2) is 14.0. The predicted molar refractivity (Wildman–Crippen MR) is 130 cm³/mol. The van der Waals surface area contributed by atoms with Crippen LogP contribution < -0.4 is 0 Å². The first-order chi connectivity index (χ1) is 15.0. The van der Waals surface area contributed by atoms with Gasteiger partial charge in [-0.2, -0.15) is 0 Å². The van der Waals surface area contributed by atoms with Gasteiger partial charge in [-0.05, 0) is 12.0 Å². The van der Waals surface area contributed by atoms with Gasteiger partial charge in [0.15, 0.2) is 6.04 Å². The van der Waals surface area contributed by atoms with E-state index in [0.717, 1.165) is 24.9 Å². The van der Waals surface area contributed by atoms with Gasteiger partial charge in [-0.15, -0.1) is 0 Å². The van der Waals surface area contributed by atoms with Gasteiger partial charge in [-0.25, -0.2) is 4.79 Å². The molecular weight excluding hydrogens is 382 g/mol. The van der Waals surface area contributed by atoms with Crippen LogP contribution >= 0.6 is 0 Å². The fourth-order valence-corrected chi connectivity index (χ4v) is 4.21. The maximum Gasteiger partial charge on any atom is 0.365 e. The third-order valence-electron chi connectivity index (χ3n) is 6.10. The van der Waals surface area contributed by atoms with Crippen molar-refractivity contribution in [1.82, 2.24) is 0 Å². The van der Waals surface area contributed by atoms with Crippen molar-refractivity contribution in [3.8, 4) is 0 Å². The van der Waals surface area contributed by atoms with Crippen molar-refractivity contribution >= 4 is 5.97 Å². The molecule has 0 aliphatic rings. The van der Waals surface area contributed by atoms with Gasteiger partial charge in [0.1, 0.15) is 13.2 Å². The van der Waals surface area contributed by atoms with E-state index in [1.54, 1.807) is 0 Å². The van der Waals surface area contributed by atoms with E-state index >= 15 is 0 Å². The molecule has 0 N–H and O–H groups in total. The summed E-state index contributed by atoms with van der Waals surface area (Å²) < 4.78 is 6.40. The monoisotopic (exact) mass is 424 g/mol. The number of carbonyl (C=O) groups is 1. The van der Waals surface area contributed by atoms with Crippen molar-refractivity contribution in [2.45, 2.75) is 83.9 Å². The first-order valence-corrected chi connectivity index (χ1v) is 12.1. The van der Waals surface area contributed by atoms with Gasteiger partial charge < -0.3 is 9.22 Å². The Balaban J connectivity index is 1.92. The SMILES string of the molecule is CCCCCCCCCC[C@H](C(=O)OCc1ccccc1)[N+](C)(C)Cc1ccccc1. The van der Waals surface area contributed by atoms with Crippen molar-refractivity contribution in [3.63, 3.8) is 0 Å². The van der Waals surface area contributed by atoms with Crippen LogP contribution in [0, 0.1) is 0 Å². The number of esters is 1. The first-order valence-electron chi connectivity index (χ1n) is 12.1. The zero-order chi connectivity index (χ0) is 22.4. The lowest BCUT2D eigenvalue weighted by atomic mass is 10.0. The Labute approximate surface area is 190 Å². The summed E-state index contributed by atoms with van der Waals surface area (Å²) in [7, 11) is 4.32. The van der Waals surface area contributed by atoms with Crippen molar-refractivity contribution < 1.29 is 14.0 Å². The molecule has 0 aliphatic heterocycles. The average molecular weight is 425 g/mol. The molecule has 0 aromatic heterocycles. The number of hydrogen-bond donors (Lipinski definition) is 0. The van der Waals surface area contributed by atoms with Crippen LogP contribution in [0.3, 0.4) is 0 Å². The Kier molecular flexibility index (Phi) is 11.4. The maximum atomic E-state index is 13.2. The second-order valence-corrected chi connectivity index (χ2v) is 9.30. The number of ether oxygens (including phenoxy) is 1. The molecule has 2 aromatic rings. The highest BCUT2D eigenvalue weighted by Crippen LogP contribution is 2.22. The third-order valence-corrected chi connectivity index (χ3v) is 6.10. The Morgan fingerprint density at radius 1 is 0.774 bits per heavy atom. The Hall–Kier alpha value is -2.13. The zero-order valence-electron chi connectivity index (χ0n) is 19.9. The van der Waals surface area contributed by atoms with E-state index in [4.69, 9.17) is 4.74 Å². The van der Waals surface area contributed by atoms with Crippen LogP contribution in [0.25, 0.3) is 0 Å². The minimum Gasteiger partial charge on any atom is -0.456 e. The van der Waals surface area contributed by atoms with E-state index in [1.807, 2.05) is 36.4 Å². The predicted octanol–water partition coefficient (Wildman–Crippen LogP) is 6.91. The smallest absolute Gasteiger partial charge is 0.365 e. The summed E-state index contributed by atoms with van der Waals surface area (Å²) in [5.74, 6) is -0.0762. The topological polar surface area (TPSA) is 26.3 Å². The van der Waals surface area contributed by atoms with E-state index in [2.05, 4.69) is 45.3 Å². The van der Waals surface area contributed by atoms with Crippen LogP contribution in [0.1, 0.15) is 75.8 Å². The van der Waals surface area contributed by atoms with Crippen LogP contribution in [-0.4, -0.2) is 30.6 Å². The molecule has 0 bridgehead atoms. The van der Waals surface area contributed by atoms with Crippen molar-refractivity contribution in [2.75, 3.05) is 14.1 Å². The molecule has 170 valence electrons. The molecule has 0 unspecified atom stereocenters. The van der Waals surface area contributed by atoms with Crippen LogP contribution in [0.4, 0.5) is 0 Å². The van der Waals surface area contributed by atoms with Crippen molar-refractivity contribution in [3.05, 3.63) is 71.8 Å². The lowest BCUT2D eigenvalue weighted by Gasteiger charge is -2.36. The standard InChI is InChI=1S/C28H42NO2/c1-4-5-6-7-8-9-10-17-22-27(28(30)31-24-26-20-15-12-16-21-26)29(2,3)23-25-18-13-11-14-19-25/h11-16,18-21,27H,4-10,17,22-24H2,1-3H3/q+1/t27-/m1/s1. The maximum absolute atomic E-state index is 13.2. The molecule has 0 spiro atoms. The highest BCUT2D eigenvalue weighted by Gasteiger charge is 2.36. The van der Waals surface area contributed by atoms with Crippen LogP contribution in [0.5, 0.6) is 0 Å². The third kappa shape index (κ3) is 9.69. The molecule has 3 heteroatoms. The van der Waals surface area contributed by atoms with E-state index in [9.17, 15) is 4.79 Å². The Morgan fingerprint density at radius 2 is 1.29 bits per heavy atom. The van der Waals surface area contributed by atoms with Gasteiger partial charge >= 0.3 is 5.97 Å². The van der Waals surface area contributed by atoms with Gasteiger partial charge in [-0.3, -0.25) is 0 Å². The molecule has 2 aromatic carbocycles. The Bertz CT molecular complexity index is 727. The number of benzene rings is 2. The molecule has 1 atom stereocenters. The molecule has 0 saturated heterocycles. The fourth-order valence-electron chi connectivity index (χ4n) is 4.21. The lowest BCUT2D eigenvalue weighted by Crippen LogP contribution is -2.52. The number of carbonyl (C=O) groups excluding carboxylic acids is 1. The van der Waals surface area contributed by atoms with Crippen molar-refractivity contribution in [1.29, 1.82) is 0 Å². The summed E-state index contributed by atoms with van der Waals surface area (Å²) >= 11 is 0. The quantitative estimate of drug-likeness (QED) is 0.176. The summed E-state index contributed by atoms with van der Waals surface area (Å²) in [6.07, 6.45) is 11.1. The molecule has 0 aliphatic carbocycles. The summed E-state index contributed by atoms with van der Waals surface area (Å²) in [6.45, 7) is 3.42. The summed E-state index contributed by atoms with van der Waals surface area (Å²) in [4.78, 5) is 13.2. The van der Waals surface area contributed by atoms with Crippen LogP contribution in [0.2, 0.25) is 0 Å². The van der Waals surface area contributed by atoms with E-state index in [0.29, 0.717) is 11.1 Å². The summed E-state index contributed by atoms with van der Waals surface area (Å²) in [6, 6.07) is 20.3. The molecule has 0 saturated carbocycles. The number of unbranched alkanes of at least 4 members (excludes halogenated alkanes) is 7. The first kappa shape index (κ1) is 25.1. The molecule has 2 rings (SSSR count). The fraction of sp³-hybridized carbons (Fsp3) is 0.536. The summed E-state index contributed by atoms with van der Waals surface area (Å²) in [5, 5.41) is 0. The van der Waals surface area contributed by atoms with Gasteiger partial charge in [0.05, 0.1) is 14.1 Å². The largest absolute Gasteiger partial charge is 0.456 e. The Morgan fingerprint density at radius 3 is 1.87 bits per heavy atom. The second-order valence-electron chi connectivity index (χ2n) is 9.30. The number of quaternary nitrogens is 1. The highest BCUT2D eigenvalue weighted by molar-refractivity contribution is 5.74. The van der Waals surface area contributed by atoms with Crippen molar-refractivity contribution in [2.24, 2.45) is 0 Å². The number of nitrogens with zero attached hydrogens (tertiary/aromatic N) is 1. The van der Waals surface area contributed by atoms with Crippen LogP contribution in [-0.2, 0) is 22.7 Å². The molecule has 0 amide bonds. The van der Waals surface area contributed by atoms with Gasteiger partial charge in [-0.1, -0.05) is 113 Å². The zero-order valence-corrected chi connectivity index (χ0v) is 19.9. The molecule has 3 nitrogen and oxygen atoms in total. The number of likely N-dealkylation sites (N-methyl/N-ethyl adjacent to an activating group) is 1. The minimum atomic E-state index is -0.149. The number of rotatable bonds is 15. The van der Waals surface area contributed by atoms with Gasteiger partial charge in [0.25, 0.3) is 0 Å². The highest BCUT2D eigenvalue weighted by atomic mass is 16.5. The molecular formula is C28H42NO2+. The molecule has 0 radical (unpaired) electrons. The molecule has 0 fully saturated rings. The minimum absolute atomic E-state index is 0.0762. The average Bonchev–Trinajstić information content (AvgIpc) is 2.77. The normalized spacial score (nSPS) is 12.5. The summed E-state index contributed by atoms with van der Waals surface area (Å²) in [5.41, 5.74) is 2.29. The van der Waals surface area contributed by atoms with E-state index in [-0.39, 0.29) is 12.0 Å². The molecule has 31 heavy (non-hydrogen) atoms. The number of hydrogen-bond acceptors (Lipinski definition) is 2. The van der Waals surface area contributed by atoms with Crippen LogP contribution in [0.15, 0.2) is 60.7 Å². The van der Waals surface area contributed by atoms with E-state index < -0.39 is 0 Å². The van der Waals surface area contributed by atoms with Gasteiger partial charge in [0.2, 0.25) is 0 Å². The van der Waals surface area contributed by atoms with E-state index in [1.165, 1.54) is 50.5 Å². The van der Waals surface area contributed by atoms with Gasteiger partial charge in [0, 0.05) is 12.0 Å².